The zero-order valence-electron chi connectivity index (χ0n) is 14.0. The molecule has 1 N–H and O–H groups in total. The number of nitrogens with zero attached hydrogens (tertiary/aromatic N) is 2. The Morgan fingerprint density at radius 2 is 2.00 bits per heavy atom. The van der Waals surface area contributed by atoms with Crippen molar-refractivity contribution in [1.82, 2.24) is 15.1 Å². The Balaban J connectivity index is 2.35. The maximum Gasteiger partial charge on any atom is 0.0662 e. The van der Waals surface area contributed by atoms with Crippen LogP contribution in [-0.4, -0.2) is 28.5 Å². The van der Waals surface area contributed by atoms with E-state index in [1.54, 1.807) is 0 Å². The Bertz CT molecular complexity index is 391. The van der Waals surface area contributed by atoms with Gasteiger partial charge in [0.15, 0.2) is 0 Å². The third-order valence-electron chi connectivity index (χ3n) is 3.30. The molecule has 0 radical (unpaired) electrons. The zero-order chi connectivity index (χ0) is 15.2. The summed E-state index contributed by atoms with van der Waals surface area (Å²) in [4.78, 5) is 0. The maximum absolute atomic E-state index is 5.65. The first-order chi connectivity index (χ1) is 9.29. The normalized spacial score (nSPS) is 12.3. The molecule has 0 saturated carbocycles. The average Bonchev–Trinajstić information content (AvgIpc) is 2.66. The Labute approximate surface area is 123 Å². The van der Waals surface area contributed by atoms with Crippen LogP contribution in [0, 0.1) is 12.8 Å². The first kappa shape index (κ1) is 17.2. The summed E-state index contributed by atoms with van der Waals surface area (Å²) in [5.74, 6) is 0.705. The van der Waals surface area contributed by atoms with Gasteiger partial charge in [0.2, 0.25) is 0 Å². The zero-order valence-corrected chi connectivity index (χ0v) is 14.0. The van der Waals surface area contributed by atoms with E-state index in [1.165, 1.54) is 11.3 Å². The largest absolute Gasteiger partial charge is 0.380 e. The fraction of sp³-hybridized carbons (Fsp3) is 0.812. The van der Waals surface area contributed by atoms with Gasteiger partial charge in [0, 0.05) is 29.9 Å². The molecule has 0 atom stereocenters. The molecule has 0 fully saturated rings. The molecule has 1 rings (SSSR count). The van der Waals surface area contributed by atoms with Crippen LogP contribution in [0.2, 0.25) is 0 Å². The molecular formula is C16H31N3O. The van der Waals surface area contributed by atoms with E-state index in [9.17, 15) is 0 Å². The molecule has 0 amide bonds. The van der Waals surface area contributed by atoms with Crippen LogP contribution < -0.4 is 5.32 Å². The molecule has 0 saturated heterocycles. The highest BCUT2D eigenvalue weighted by molar-refractivity contribution is 5.16. The minimum absolute atomic E-state index is 0.133. The highest BCUT2D eigenvalue weighted by Gasteiger charge is 2.11. The molecule has 0 aromatic carbocycles. The summed E-state index contributed by atoms with van der Waals surface area (Å²) in [6.45, 7) is 16.4. The Morgan fingerprint density at radius 3 is 2.60 bits per heavy atom. The molecule has 4 nitrogen and oxygen atoms in total. The van der Waals surface area contributed by atoms with Gasteiger partial charge in [0.1, 0.15) is 0 Å². The van der Waals surface area contributed by atoms with E-state index in [1.807, 2.05) is 10.9 Å². The lowest BCUT2D eigenvalue weighted by Crippen LogP contribution is -2.35. The Hall–Kier alpha value is -0.870. The fourth-order valence-electron chi connectivity index (χ4n) is 1.82. The van der Waals surface area contributed by atoms with Gasteiger partial charge in [-0.05, 0) is 40.0 Å². The quantitative estimate of drug-likeness (QED) is 0.744. The Morgan fingerprint density at radius 1 is 1.30 bits per heavy atom. The van der Waals surface area contributed by atoms with Crippen molar-refractivity contribution >= 4 is 0 Å². The first-order valence-electron chi connectivity index (χ1n) is 7.63. The van der Waals surface area contributed by atoms with E-state index < -0.39 is 0 Å². The van der Waals surface area contributed by atoms with E-state index in [-0.39, 0.29) is 5.54 Å². The molecule has 1 aromatic heterocycles. The topological polar surface area (TPSA) is 39.1 Å². The van der Waals surface area contributed by atoms with E-state index in [2.05, 4.69) is 52.0 Å². The molecule has 116 valence electrons. The maximum atomic E-state index is 5.65. The molecule has 0 bridgehead atoms. The molecule has 0 aliphatic heterocycles. The minimum atomic E-state index is 0.133. The van der Waals surface area contributed by atoms with Crippen molar-refractivity contribution in [2.45, 2.75) is 66.6 Å². The number of ether oxygens (including phenoxy) is 1. The monoisotopic (exact) mass is 281 g/mol. The third kappa shape index (κ3) is 6.53. The summed E-state index contributed by atoms with van der Waals surface area (Å²) in [7, 11) is 0. The van der Waals surface area contributed by atoms with Gasteiger partial charge in [0.25, 0.3) is 0 Å². The summed E-state index contributed by atoms with van der Waals surface area (Å²) < 4.78 is 7.69. The standard InChI is InChI=1S/C16H31N3O/c1-13(2)7-9-20-10-8-19-14(3)15(12-18-19)11-17-16(4,5)6/h12-13,17H,7-11H2,1-6H3. The van der Waals surface area contributed by atoms with Crippen LogP contribution in [0.3, 0.4) is 0 Å². The van der Waals surface area contributed by atoms with Gasteiger partial charge in [0.05, 0.1) is 19.3 Å². The molecule has 0 unspecified atom stereocenters. The minimum Gasteiger partial charge on any atom is -0.380 e. The van der Waals surface area contributed by atoms with Crippen molar-refractivity contribution in [2.24, 2.45) is 5.92 Å². The summed E-state index contributed by atoms with van der Waals surface area (Å²) in [5.41, 5.74) is 2.63. The average molecular weight is 281 g/mol. The van der Waals surface area contributed by atoms with Gasteiger partial charge < -0.3 is 10.1 Å². The van der Waals surface area contributed by atoms with Gasteiger partial charge >= 0.3 is 0 Å². The molecule has 0 aliphatic rings. The molecular weight excluding hydrogens is 250 g/mol. The molecule has 20 heavy (non-hydrogen) atoms. The predicted molar refractivity (Wildman–Crippen MR) is 83.8 cm³/mol. The van der Waals surface area contributed by atoms with Crippen LogP contribution in [0.1, 0.15) is 52.3 Å². The van der Waals surface area contributed by atoms with Gasteiger partial charge in [-0.1, -0.05) is 13.8 Å². The number of hydrogen-bond donors (Lipinski definition) is 1. The molecule has 1 heterocycles. The SMILES string of the molecule is Cc1c(CNC(C)(C)C)cnn1CCOCCC(C)C. The second-order valence-corrected chi connectivity index (χ2v) is 6.88. The van der Waals surface area contributed by atoms with Crippen LogP contribution in [0.5, 0.6) is 0 Å². The fourth-order valence-corrected chi connectivity index (χ4v) is 1.82. The third-order valence-corrected chi connectivity index (χ3v) is 3.30. The van der Waals surface area contributed by atoms with Crippen molar-refractivity contribution in [1.29, 1.82) is 0 Å². The summed E-state index contributed by atoms with van der Waals surface area (Å²) >= 11 is 0. The van der Waals surface area contributed by atoms with E-state index in [4.69, 9.17) is 4.74 Å². The van der Waals surface area contributed by atoms with Gasteiger partial charge in [-0.2, -0.15) is 5.10 Å². The highest BCUT2D eigenvalue weighted by Crippen LogP contribution is 2.09. The lowest BCUT2D eigenvalue weighted by atomic mass is 10.1. The second kappa shape index (κ2) is 7.79. The van der Waals surface area contributed by atoms with E-state index >= 15 is 0 Å². The first-order valence-corrected chi connectivity index (χ1v) is 7.63. The van der Waals surface area contributed by atoms with Crippen molar-refractivity contribution in [3.63, 3.8) is 0 Å². The van der Waals surface area contributed by atoms with Crippen molar-refractivity contribution in [3.05, 3.63) is 17.5 Å². The van der Waals surface area contributed by atoms with Gasteiger partial charge in [-0.25, -0.2) is 0 Å². The molecule has 1 aromatic rings. The lowest BCUT2D eigenvalue weighted by molar-refractivity contribution is 0.113. The molecule has 0 spiro atoms. The summed E-state index contributed by atoms with van der Waals surface area (Å²) in [6, 6.07) is 0. The van der Waals surface area contributed by atoms with Crippen LogP contribution in [0.4, 0.5) is 0 Å². The van der Waals surface area contributed by atoms with Crippen LogP contribution in [-0.2, 0) is 17.8 Å². The van der Waals surface area contributed by atoms with Crippen molar-refractivity contribution in [2.75, 3.05) is 13.2 Å². The number of hydrogen-bond acceptors (Lipinski definition) is 3. The highest BCUT2D eigenvalue weighted by atomic mass is 16.5. The van der Waals surface area contributed by atoms with Crippen molar-refractivity contribution in [3.8, 4) is 0 Å². The van der Waals surface area contributed by atoms with Crippen LogP contribution in [0.25, 0.3) is 0 Å². The lowest BCUT2D eigenvalue weighted by Gasteiger charge is -2.20. The second-order valence-electron chi connectivity index (χ2n) is 6.88. The number of aromatic nitrogens is 2. The van der Waals surface area contributed by atoms with Gasteiger partial charge in [-0.15, -0.1) is 0 Å². The number of rotatable bonds is 8. The van der Waals surface area contributed by atoms with Crippen LogP contribution in [0.15, 0.2) is 6.20 Å². The summed E-state index contributed by atoms with van der Waals surface area (Å²) in [5, 5.41) is 7.94. The van der Waals surface area contributed by atoms with E-state index in [0.717, 1.165) is 32.7 Å². The summed E-state index contributed by atoms with van der Waals surface area (Å²) in [6.07, 6.45) is 3.08. The van der Waals surface area contributed by atoms with Crippen molar-refractivity contribution < 1.29 is 4.74 Å². The van der Waals surface area contributed by atoms with Gasteiger partial charge in [-0.3, -0.25) is 4.68 Å². The molecule has 0 aliphatic carbocycles. The van der Waals surface area contributed by atoms with Crippen LogP contribution >= 0.6 is 0 Å². The Kier molecular flexibility index (Phi) is 6.69. The van der Waals surface area contributed by atoms with E-state index in [0.29, 0.717) is 5.92 Å². The smallest absolute Gasteiger partial charge is 0.0662 e. The predicted octanol–water partition coefficient (Wildman–Crippen LogP) is 3.14. The number of nitrogens with one attached hydrogen (secondary N) is 1. The molecule has 4 heteroatoms.